The van der Waals surface area contributed by atoms with E-state index in [0.717, 1.165) is 44.5 Å². The van der Waals surface area contributed by atoms with E-state index in [4.69, 9.17) is 4.42 Å². The third-order valence-corrected chi connectivity index (χ3v) is 4.59. The van der Waals surface area contributed by atoms with Gasteiger partial charge in [0.15, 0.2) is 0 Å². The van der Waals surface area contributed by atoms with E-state index in [1.165, 1.54) is 6.07 Å². The van der Waals surface area contributed by atoms with Crippen LogP contribution in [-0.2, 0) is 18.4 Å². The SMILES string of the molecule is CC(C)(C)c1nnc(CN2CCC(Cc3cccc(F)c3)CC2)o1. The molecule has 5 heteroatoms. The number of hydrogen-bond donors (Lipinski definition) is 0. The molecule has 1 aliphatic heterocycles. The average Bonchev–Trinajstić information content (AvgIpc) is 2.98. The molecule has 0 N–H and O–H groups in total. The molecule has 24 heavy (non-hydrogen) atoms. The Labute approximate surface area is 143 Å². The van der Waals surface area contributed by atoms with Gasteiger partial charge in [0.05, 0.1) is 6.54 Å². The molecule has 130 valence electrons. The first kappa shape index (κ1) is 17.1. The topological polar surface area (TPSA) is 42.2 Å². The Kier molecular flexibility index (Phi) is 4.99. The second-order valence-electron chi connectivity index (χ2n) is 7.80. The summed E-state index contributed by atoms with van der Waals surface area (Å²) in [6, 6.07) is 6.96. The molecule has 0 amide bonds. The molecule has 0 spiro atoms. The van der Waals surface area contributed by atoms with Crippen LogP contribution in [-0.4, -0.2) is 28.2 Å². The van der Waals surface area contributed by atoms with Crippen LogP contribution in [0, 0.1) is 11.7 Å². The molecule has 0 atom stereocenters. The summed E-state index contributed by atoms with van der Waals surface area (Å²) < 4.78 is 19.1. The van der Waals surface area contributed by atoms with Crippen molar-refractivity contribution < 1.29 is 8.81 Å². The Bertz CT molecular complexity index is 669. The van der Waals surface area contributed by atoms with Crippen LogP contribution >= 0.6 is 0 Å². The molecule has 2 aromatic rings. The van der Waals surface area contributed by atoms with E-state index >= 15 is 0 Å². The van der Waals surface area contributed by atoms with Gasteiger partial charge in [0.1, 0.15) is 5.82 Å². The van der Waals surface area contributed by atoms with E-state index < -0.39 is 0 Å². The van der Waals surface area contributed by atoms with Gasteiger partial charge in [0.2, 0.25) is 11.8 Å². The first-order valence-electron chi connectivity index (χ1n) is 8.70. The van der Waals surface area contributed by atoms with Crippen molar-refractivity contribution in [2.24, 2.45) is 5.92 Å². The highest BCUT2D eigenvalue weighted by Crippen LogP contribution is 2.24. The number of nitrogens with zero attached hydrogens (tertiary/aromatic N) is 3. The van der Waals surface area contributed by atoms with Gasteiger partial charge in [-0.25, -0.2) is 4.39 Å². The van der Waals surface area contributed by atoms with E-state index in [9.17, 15) is 4.39 Å². The zero-order valence-corrected chi connectivity index (χ0v) is 14.8. The summed E-state index contributed by atoms with van der Waals surface area (Å²) >= 11 is 0. The highest BCUT2D eigenvalue weighted by atomic mass is 19.1. The van der Waals surface area contributed by atoms with Gasteiger partial charge in [-0.2, -0.15) is 0 Å². The molecule has 3 rings (SSSR count). The molecule has 1 fully saturated rings. The van der Waals surface area contributed by atoms with Crippen molar-refractivity contribution in [3.63, 3.8) is 0 Å². The highest BCUT2D eigenvalue weighted by Gasteiger charge is 2.24. The van der Waals surface area contributed by atoms with Crippen LogP contribution in [0.4, 0.5) is 4.39 Å². The lowest BCUT2D eigenvalue weighted by atomic mass is 9.90. The molecule has 0 saturated carbocycles. The van der Waals surface area contributed by atoms with E-state index in [-0.39, 0.29) is 11.2 Å². The Hall–Kier alpha value is -1.75. The van der Waals surface area contributed by atoms with Crippen molar-refractivity contribution in [3.8, 4) is 0 Å². The zero-order valence-electron chi connectivity index (χ0n) is 14.8. The fourth-order valence-corrected chi connectivity index (χ4v) is 3.16. The van der Waals surface area contributed by atoms with E-state index in [1.54, 1.807) is 12.1 Å². The Morgan fingerprint density at radius 3 is 2.58 bits per heavy atom. The van der Waals surface area contributed by atoms with Crippen molar-refractivity contribution in [2.75, 3.05) is 13.1 Å². The predicted molar refractivity (Wildman–Crippen MR) is 91.1 cm³/mol. The monoisotopic (exact) mass is 331 g/mol. The van der Waals surface area contributed by atoms with Crippen LogP contribution < -0.4 is 0 Å². The summed E-state index contributed by atoms with van der Waals surface area (Å²) in [5.41, 5.74) is 0.989. The van der Waals surface area contributed by atoms with Crippen molar-refractivity contribution in [1.29, 1.82) is 0 Å². The van der Waals surface area contributed by atoms with Crippen LogP contribution in [0.15, 0.2) is 28.7 Å². The van der Waals surface area contributed by atoms with E-state index in [2.05, 4.69) is 35.9 Å². The Morgan fingerprint density at radius 2 is 1.96 bits per heavy atom. The van der Waals surface area contributed by atoms with Crippen LogP contribution in [0.2, 0.25) is 0 Å². The van der Waals surface area contributed by atoms with Gasteiger partial charge in [-0.05, 0) is 56.0 Å². The predicted octanol–water partition coefficient (Wildman–Crippen LogP) is 3.96. The average molecular weight is 331 g/mol. The molecule has 4 nitrogen and oxygen atoms in total. The van der Waals surface area contributed by atoms with Gasteiger partial charge in [-0.1, -0.05) is 32.9 Å². The molecule has 0 bridgehead atoms. The fourth-order valence-electron chi connectivity index (χ4n) is 3.16. The van der Waals surface area contributed by atoms with E-state index in [0.29, 0.717) is 17.7 Å². The van der Waals surface area contributed by atoms with Crippen molar-refractivity contribution in [2.45, 2.75) is 52.0 Å². The lowest BCUT2D eigenvalue weighted by molar-refractivity contribution is 0.161. The molecule has 1 saturated heterocycles. The van der Waals surface area contributed by atoms with Crippen LogP contribution in [0.3, 0.4) is 0 Å². The molecule has 1 aromatic carbocycles. The molecule has 2 heterocycles. The third kappa shape index (κ3) is 4.41. The summed E-state index contributed by atoms with van der Waals surface area (Å²) in [7, 11) is 0. The second kappa shape index (κ2) is 7.01. The number of rotatable bonds is 4. The number of likely N-dealkylation sites (tertiary alicyclic amines) is 1. The molecule has 1 aromatic heterocycles. The van der Waals surface area contributed by atoms with Crippen LogP contribution in [0.25, 0.3) is 0 Å². The maximum Gasteiger partial charge on any atom is 0.230 e. The first-order valence-corrected chi connectivity index (χ1v) is 8.70. The van der Waals surface area contributed by atoms with Gasteiger partial charge in [0, 0.05) is 5.41 Å². The minimum atomic E-state index is -0.143. The molecule has 0 unspecified atom stereocenters. The van der Waals surface area contributed by atoms with Gasteiger partial charge in [-0.3, -0.25) is 4.90 Å². The standard InChI is InChI=1S/C19H26FN3O/c1-19(2,3)18-22-21-17(24-18)13-23-9-7-14(8-10-23)11-15-5-4-6-16(20)12-15/h4-6,12,14H,7-11,13H2,1-3H3. The first-order chi connectivity index (χ1) is 11.4. The van der Waals surface area contributed by atoms with E-state index in [1.807, 2.05) is 6.07 Å². The summed E-state index contributed by atoms with van der Waals surface area (Å²) in [5.74, 6) is 1.87. The normalized spacial score (nSPS) is 17.3. The van der Waals surface area contributed by atoms with Crippen molar-refractivity contribution in [1.82, 2.24) is 15.1 Å². The molecule has 1 aliphatic rings. The minimum absolute atomic E-state index is 0.108. The zero-order chi connectivity index (χ0) is 17.2. The molecular weight excluding hydrogens is 305 g/mol. The quantitative estimate of drug-likeness (QED) is 0.850. The summed E-state index contributed by atoms with van der Waals surface area (Å²) in [6.07, 6.45) is 3.20. The summed E-state index contributed by atoms with van der Waals surface area (Å²) in [4.78, 5) is 2.36. The fraction of sp³-hybridized carbons (Fsp3) is 0.579. The van der Waals surface area contributed by atoms with Gasteiger partial charge < -0.3 is 4.42 Å². The lowest BCUT2D eigenvalue weighted by Crippen LogP contribution is -2.34. The lowest BCUT2D eigenvalue weighted by Gasteiger charge is -2.31. The smallest absolute Gasteiger partial charge is 0.230 e. The molecule has 0 aliphatic carbocycles. The maximum absolute atomic E-state index is 13.3. The van der Waals surface area contributed by atoms with Crippen LogP contribution in [0.1, 0.15) is 51.0 Å². The summed E-state index contributed by atoms with van der Waals surface area (Å²) in [6.45, 7) is 8.97. The number of aromatic nitrogens is 2. The van der Waals surface area contributed by atoms with Crippen molar-refractivity contribution in [3.05, 3.63) is 47.4 Å². The summed E-state index contributed by atoms with van der Waals surface area (Å²) in [5, 5.41) is 8.33. The molecule has 0 radical (unpaired) electrons. The second-order valence-corrected chi connectivity index (χ2v) is 7.80. The van der Waals surface area contributed by atoms with Gasteiger partial charge in [0.25, 0.3) is 0 Å². The Morgan fingerprint density at radius 1 is 1.21 bits per heavy atom. The van der Waals surface area contributed by atoms with Gasteiger partial charge in [-0.15, -0.1) is 10.2 Å². The third-order valence-electron chi connectivity index (χ3n) is 4.59. The number of halogens is 1. The largest absolute Gasteiger partial charge is 0.423 e. The number of benzene rings is 1. The van der Waals surface area contributed by atoms with Gasteiger partial charge >= 0.3 is 0 Å². The van der Waals surface area contributed by atoms with Crippen molar-refractivity contribution >= 4 is 0 Å². The van der Waals surface area contributed by atoms with Crippen LogP contribution in [0.5, 0.6) is 0 Å². The number of piperidine rings is 1. The molecular formula is C19H26FN3O. The highest BCUT2D eigenvalue weighted by molar-refractivity contribution is 5.17. The Balaban J connectivity index is 1.49. The minimum Gasteiger partial charge on any atom is -0.423 e. The number of hydrogen-bond acceptors (Lipinski definition) is 4. The maximum atomic E-state index is 13.3.